The van der Waals surface area contributed by atoms with Gasteiger partial charge in [-0.3, -0.25) is 0 Å². The van der Waals surface area contributed by atoms with Crippen LogP contribution in [-0.4, -0.2) is 32.5 Å². The van der Waals surface area contributed by atoms with Crippen molar-refractivity contribution in [2.75, 3.05) is 12.8 Å². The van der Waals surface area contributed by atoms with Crippen molar-refractivity contribution in [2.45, 2.75) is 50.3 Å². The van der Waals surface area contributed by atoms with Crippen molar-refractivity contribution in [3.05, 3.63) is 21.9 Å². The van der Waals surface area contributed by atoms with Gasteiger partial charge in [-0.2, -0.15) is 0 Å². The standard InChI is InChI=1S/C14H23NO2S2/c1-3-11-7-8-12(18-11)10-13(15-2)14-6-4-5-9-19(14,16)17/h7-8,13-15H,3-6,9-10H2,1-2H3. The third-order valence-electron chi connectivity index (χ3n) is 3.94. The molecule has 0 aliphatic carbocycles. The summed E-state index contributed by atoms with van der Waals surface area (Å²) >= 11 is 1.81. The number of aryl methyl sites for hydroxylation is 1. The molecule has 1 aliphatic rings. The van der Waals surface area contributed by atoms with Gasteiger partial charge in [-0.25, -0.2) is 8.42 Å². The van der Waals surface area contributed by atoms with Crippen LogP contribution in [0.1, 0.15) is 35.9 Å². The zero-order valence-corrected chi connectivity index (χ0v) is 13.3. The van der Waals surface area contributed by atoms with E-state index in [1.54, 1.807) is 11.3 Å². The average Bonchev–Trinajstić information content (AvgIpc) is 2.84. The van der Waals surface area contributed by atoms with Gasteiger partial charge in [0.25, 0.3) is 0 Å². The third kappa shape index (κ3) is 3.58. The number of sulfone groups is 1. The molecule has 2 unspecified atom stereocenters. The van der Waals surface area contributed by atoms with Crippen molar-refractivity contribution in [3.8, 4) is 0 Å². The fraction of sp³-hybridized carbons (Fsp3) is 0.714. The van der Waals surface area contributed by atoms with Gasteiger partial charge in [0.15, 0.2) is 9.84 Å². The van der Waals surface area contributed by atoms with Crippen molar-refractivity contribution in [1.29, 1.82) is 0 Å². The van der Waals surface area contributed by atoms with E-state index in [2.05, 4.69) is 24.4 Å². The summed E-state index contributed by atoms with van der Waals surface area (Å²) in [4.78, 5) is 2.66. The molecule has 1 aromatic rings. The molecule has 0 amide bonds. The van der Waals surface area contributed by atoms with E-state index in [4.69, 9.17) is 0 Å². The van der Waals surface area contributed by atoms with Gasteiger partial charge in [-0.05, 0) is 44.9 Å². The monoisotopic (exact) mass is 301 g/mol. The van der Waals surface area contributed by atoms with Gasteiger partial charge >= 0.3 is 0 Å². The first-order chi connectivity index (χ1) is 9.06. The molecule has 0 bridgehead atoms. The highest BCUT2D eigenvalue weighted by molar-refractivity contribution is 7.92. The fourth-order valence-corrected chi connectivity index (χ4v) is 5.97. The second kappa shape index (κ2) is 6.37. The smallest absolute Gasteiger partial charge is 0.154 e. The number of likely N-dealkylation sites (N-methyl/N-ethyl adjacent to an activating group) is 1. The minimum absolute atomic E-state index is 0.0497. The molecule has 19 heavy (non-hydrogen) atoms. The van der Waals surface area contributed by atoms with Crippen LogP contribution in [0.3, 0.4) is 0 Å². The van der Waals surface area contributed by atoms with Crippen LogP contribution in [0.4, 0.5) is 0 Å². The minimum Gasteiger partial charge on any atom is -0.315 e. The summed E-state index contributed by atoms with van der Waals surface area (Å²) in [5.41, 5.74) is 0. The molecule has 0 radical (unpaired) electrons. The Bertz CT molecular complexity index is 507. The number of hydrogen-bond acceptors (Lipinski definition) is 4. The Kier molecular flexibility index (Phi) is 5.03. The first-order valence-corrected chi connectivity index (χ1v) is 9.56. The van der Waals surface area contributed by atoms with Crippen LogP contribution in [0.2, 0.25) is 0 Å². The molecular formula is C14H23NO2S2. The highest BCUT2D eigenvalue weighted by Gasteiger charge is 2.34. The van der Waals surface area contributed by atoms with E-state index in [9.17, 15) is 8.42 Å². The topological polar surface area (TPSA) is 46.2 Å². The average molecular weight is 301 g/mol. The lowest BCUT2D eigenvalue weighted by Crippen LogP contribution is -2.46. The van der Waals surface area contributed by atoms with Crippen molar-refractivity contribution in [2.24, 2.45) is 0 Å². The number of nitrogens with one attached hydrogen (secondary N) is 1. The van der Waals surface area contributed by atoms with E-state index in [0.717, 1.165) is 32.1 Å². The Balaban J connectivity index is 2.11. The Labute approximate surface area is 120 Å². The maximum Gasteiger partial charge on any atom is 0.154 e. The molecule has 1 fully saturated rings. The van der Waals surface area contributed by atoms with Gasteiger partial charge in [0.1, 0.15) is 0 Å². The lowest BCUT2D eigenvalue weighted by atomic mass is 10.0. The molecule has 1 saturated heterocycles. The number of rotatable bonds is 5. The summed E-state index contributed by atoms with van der Waals surface area (Å²) in [5, 5.41) is 3.02. The molecule has 0 saturated carbocycles. The van der Waals surface area contributed by atoms with E-state index in [1.165, 1.54) is 9.75 Å². The largest absolute Gasteiger partial charge is 0.315 e. The normalized spacial score (nSPS) is 24.2. The highest BCUT2D eigenvalue weighted by atomic mass is 32.2. The predicted molar refractivity (Wildman–Crippen MR) is 81.7 cm³/mol. The molecule has 5 heteroatoms. The lowest BCUT2D eigenvalue weighted by Gasteiger charge is -2.29. The maximum absolute atomic E-state index is 12.2. The number of thiophene rings is 1. The van der Waals surface area contributed by atoms with Crippen LogP contribution in [0, 0.1) is 0 Å². The van der Waals surface area contributed by atoms with E-state index in [1.807, 2.05) is 7.05 Å². The van der Waals surface area contributed by atoms with Crippen LogP contribution in [0.15, 0.2) is 12.1 Å². The summed E-state index contributed by atoms with van der Waals surface area (Å²) in [5.74, 6) is 0.362. The Morgan fingerprint density at radius 1 is 1.37 bits per heavy atom. The SMILES string of the molecule is CCc1ccc(CC(NC)C2CCCCS2(=O)=O)s1. The summed E-state index contributed by atoms with van der Waals surface area (Å²) < 4.78 is 24.4. The quantitative estimate of drug-likeness (QED) is 0.908. The van der Waals surface area contributed by atoms with E-state index >= 15 is 0 Å². The zero-order valence-electron chi connectivity index (χ0n) is 11.7. The Morgan fingerprint density at radius 3 is 2.68 bits per heavy atom. The molecular weight excluding hydrogens is 278 g/mol. The van der Waals surface area contributed by atoms with Crippen molar-refractivity contribution in [3.63, 3.8) is 0 Å². The third-order valence-corrected chi connectivity index (χ3v) is 7.53. The van der Waals surface area contributed by atoms with Crippen LogP contribution in [-0.2, 0) is 22.7 Å². The summed E-state index contributed by atoms with van der Waals surface area (Å²) in [6.07, 6.45) is 4.54. The predicted octanol–water partition coefficient (Wildman–Crippen LogP) is 2.41. The van der Waals surface area contributed by atoms with Crippen LogP contribution in [0.25, 0.3) is 0 Å². The highest BCUT2D eigenvalue weighted by Crippen LogP contribution is 2.26. The van der Waals surface area contributed by atoms with E-state index in [-0.39, 0.29) is 11.3 Å². The second-order valence-electron chi connectivity index (χ2n) is 5.22. The lowest BCUT2D eigenvalue weighted by molar-refractivity contribution is 0.458. The van der Waals surface area contributed by atoms with Crippen LogP contribution in [0.5, 0.6) is 0 Å². The molecule has 3 nitrogen and oxygen atoms in total. The van der Waals surface area contributed by atoms with E-state index < -0.39 is 9.84 Å². The molecule has 0 aromatic carbocycles. The van der Waals surface area contributed by atoms with Gasteiger partial charge in [-0.1, -0.05) is 13.3 Å². The van der Waals surface area contributed by atoms with Crippen molar-refractivity contribution in [1.82, 2.24) is 5.32 Å². The van der Waals surface area contributed by atoms with E-state index in [0.29, 0.717) is 5.75 Å². The first kappa shape index (κ1) is 15.0. The van der Waals surface area contributed by atoms with Gasteiger partial charge < -0.3 is 5.32 Å². The Hall–Kier alpha value is -0.390. The number of hydrogen-bond donors (Lipinski definition) is 1. The maximum atomic E-state index is 12.2. The van der Waals surface area contributed by atoms with Crippen molar-refractivity contribution >= 4 is 21.2 Å². The summed E-state index contributed by atoms with van der Waals surface area (Å²) in [6.45, 7) is 2.15. The molecule has 1 aliphatic heterocycles. The molecule has 1 N–H and O–H groups in total. The fourth-order valence-electron chi connectivity index (χ4n) is 2.79. The van der Waals surface area contributed by atoms with Gasteiger partial charge in [0, 0.05) is 15.8 Å². The summed E-state index contributed by atoms with van der Waals surface area (Å²) in [6, 6.07) is 4.35. The van der Waals surface area contributed by atoms with Crippen molar-refractivity contribution < 1.29 is 8.42 Å². The molecule has 108 valence electrons. The molecule has 0 spiro atoms. The molecule has 2 atom stereocenters. The Morgan fingerprint density at radius 2 is 2.11 bits per heavy atom. The van der Waals surface area contributed by atoms with Crippen LogP contribution < -0.4 is 5.32 Å². The van der Waals surface area contributed by atoms with Gasteiger partial charge in [0.2, 0.25) is 0 Å². The zero-order chi connectivity index (χ0) is 13.9. The minimum atomic E-state index is -2.91. The van der Waals surface area contributed by atoms with Gasteiger partial charge in [-0.15, -0.1) is 11.3 Å². The van der Waals surface area contributed by atoms with Crippen LogP contribution >= 0.6 is 11.3 Å². The summed E-state index contributed by atoms with van der Waals surface area (Å²) in [7, 11) is -1.03. The molecule has 1 aromatic heterocycles. The first-order valence-electron chi connectivity index (χ1n) is 7.03. The molecule has 2 heterocycles. The second-order valence-corrected chi connectivity index (χ2v) is 8.81. The van der Waals surface area contributed by atoms with Gasteiger partial charge in [0.05, 0.1) is 11.0 Å². The molecule has 2 rings (SSSR count).